The van der Waals surface area contributed by atoms with Crippen LogP contribution in [0, 0.1) is 25.2 Å². The number of piperidine rings is 1. The third kappa shape index (κ3) is 5.31. The van der Waals surface area contributed by atoms with E-state index in [1.807, 2.05) is 64.7 Å². The SMILES string of the molecule is Cc1cnsc1C(C)Oc1cc(-c2nnn(C3CCN(C(=O)OC(C)(C)C)CC3)c2C)cn2ncc(C#N)c12. The molecule has 0 spiro atoms. The number of rotatable bonds is 5. The van der Waals surface area contributed by atoms with Crippen LogP contribution in [0.5, 0.6) is 5.75 Å². The molecule has 1 amide bonds. The van der Waals surface area contributed by atoms with E-state index in [-0.39, 0.29) is 18.2 Å². The second-order valence-electron chi connectivity index (χ2n) is 10.9. The summed E-state index contributed by atoms with van der Waals surface area (Å²) in [6.45, 7) is 12.8. The van der Waals surface area contributed by atoms with Crippen molar-refractivity contribution in [2.75, 3.05) is 13.1 Å². The van der Waals surface area contributed by atoms with Gasteiger partial charge in [0, 0.05) is 31.0 Å². The smallest absolute Gasteiger partial charge is 0.410 e. The van der Waals surface area contributed by atoms with Crippen molar-refractivity contribution in [3.8, 4) is 23.1 Å². The Labute approximate surface area is 231 Å². The van der Waals surface area contributed by atoms with Crippen LogP contribution < -0.4 is 4.74 Å². The van der Waals surface area contributed by atoms with Gasteiger partial charge in [0.25, 0.3) is 0 Å². The van der Waals surface area contributed by atoms with E-state index in [1.54, 1.807) is 9.42 Å². The van der Waals surface area contributed by atoms with E-state index in [1.165, 1.54) is 17.7 Å². The van der Waals surface area contributed by atoms with Crippen LogP contribution >= 0.6 is 11.5 Å². The minimum Gasteiger partial charge on any atom is -0.483 e. The van der Waals surface area contributed by atoms with E-state index in [2.05, 4.69) is 25.9 Å². The van der Waals surface area contributed by atoms with Gasteiger partial charge < -0.3 is 14.4 Å². The Hall–Kier alpha value is -3.98. The molecule has 0 aliphatic carbocycles. The second-order valence-corrected chi connectivity index (χ2v) is 11.7. The second kappa shape index (κ2) is 10.3. The highest BCUT2D eigenvalue weighted by molar-refractivity contribution is 7.06. The summed E-state index contributed by atoms with van der Waals surface area (Å²) in [5.41, 5.74) is 3.99. The van der Waals surface area contributed by atoms with Gasteiger partial charge in [-0.2, -0.15) is 10.4 Å². The number of aryl methyl sites for hydroxylation is 1. The first-order valence-corrected chi connectivity index (χ1v) is 13.7. The molecule has 1 atom stereocenters. The van der Waals surface area contributed by atoms with Crippen molar-refractivity contribution in [3.05, 3.63) is 46.4 Å². The van der Waals surface area contributed by atoms with E-state index in [4.69, 9.17) is 9.47 Å². The zero-order valence-corrected chi connectivity index (χ0v) is 23.8. The minimum atomic E-state index is -0.519. The molecular formula is C27H32N8O3S. The molecule has 39 heavy (non-hydrogen) atoms. The molecule has 0 aromatic carbocycles. The molecule has 204 valence electrons. The van der Waals surface area contributed by atoms with E-state index < -0.39 is 5.60 Å². The van der Waals surface area contributed by atoms with Gasteiger partial charge in [0.2, 0.25) is 0 Å². The zero-order chi connectivity index (χ0) is 27.9. The number of nitriles is 1. The number of pyridine rings is 1. The highest BCUT2D eigenvalue weighted by atomic mass is 32.1. The first-order chi connectivity index (χ1) is 18.6. The summed E-state index contributed by atoms with van der Waals surface area (Å²) in [6, 6.07) is 4.23. The van der Waals surface area contributed by atoms with Crippen LogP contribution in [0.1, 0.15) is 74.4 Å². The lowest BCUT2D eigenvalue weighted by Crippen LogP contribution is -2.42. The fraction of sp³-hybridized carbons (Fsp3) is 0.481. The molecule has 1 fully saturated rings. The van der Waals surface area contributed by atoms with Crippen molar-refractivity contribution in [2.24, 2.45) is 0 Å². The first kappa shape index (κ1) is 26.6. The van der Waals surface area contributed by atoms with Gasteiger partial charge in [-0.25, -0.2) is 18.4 Å². The van der Waals surface area contributed by atoms with Crippen molar-refractivity contribution in [3.63, 3.8) is 0 Å². The van der Waals surface area contributed by atoms with Crippen molar-refractivity contribution < 1.29 is 14.3 Å². The molecule has 11 nitrogen and oxygen atoms in total. The number of carbonyl (C=O) groups is 1. The van der Waals surface area contributed by atoms with Crippen molar-refractivity contribution in [2.45, 2.75) is 72.1 Å². The largest absolute Gasteiger partial charge is 0.483 e. The number of likely N-dealkylation sites (tertiary alicyclic amines) is 1. The zero-order valence-electron chi connectivity index (χ0n) is 23.0. The predicted molar refractivity (Wildman–Crippen MR) is 146 cm³/mol. The third-order valence-corrected chi connectivity index (χ3v) is 7.88. The Balaban J connectivity index is 1.41. The molecule has 1 aliphatic rings. The van der Waals surface area contributed by atoms with Crippen LogP contribution in [0.3, 0.4) is 0 Å². The van der Waals surface area contributed by atoms with Crippen LogP contribution in [0.15, 0.2) is 24.7 Å². The van der Waals surface area contributed by atoms with Gasteiger partial charge in [-0.1, -0.05) is 5.21 Å². The van der Waals surface area contributed by atoms with E-state index >= 15 is 0 Å². The lowest BCUT2D eigenvalue weighted by molar-refractivity contribution is 0.0184. The molecule has 5 heterocycles. The number of nitrogens with zero attached hydrogens (tertiary/aromatic N) is 8. The number of fused-ring (bicyclic) bond motifs is 1. The highest BCUT2D eigenvalue weighted by Gasteiger charge is 2.29. The quantitative estimate of drug-likeness (QED) is 0.331. The summed E-state index contributed by atoms with van der Waals surface area (Å²) in [6.07, 6.45) is 6.18. The maximum Gasteiger partial charge on any atom is 0.410 e. The summed E-state index contributed by atoms with van der Waals surface area (Å²) < 4.78 is 19.8. The molecule has 1 unspecified atom stereocenters. The van der Waals surface area contributed by atoms with Gasteiger partial charge in [-0.15, -0.1) is 5.10 Å². The Morgan fingerprint density at radius 3 is 2.62 bits per heavy atom. The predicted octanol–water partition coefficient (Wildman–Crippen LogP) is 5.25. The molecule has 0 bridgehead atoms. The van der Waals surface area contributed by atoms with Gasteiger partial charge in [0.05, 0.1) is 22.8 Å². The normalized spacial score (nSPS) is 15.4. The number of amides is 1. The van der Waals surface area contributed by atoms with Crippen LogP contribution in [0.4, 0.5) is 4.79 Å². The maximum absolute atomic E-state index is 12.5. The molecule has 1 aliphatic heterocycles. The Bertz CT molecular complexity index is 1550. The number of aromatic nitrogens is 6. The van der Waals surface area contributed by atoms with Crippen LogP contribution in [0.25, 0.3) is 16.8 Å². The molecule has 4 aromatic heterocycles. The van der Waals surface area contributed by atoms with Crippen molar-refractivity contribution >= 4 is 23.1 Å². The van der Waals surface area contributed by atoms with Crippen molar-refractivity contribution in [1.29, 1.82) is 5.26 Å². The molecule has 0 saturated carbocycles. The fourth-order valence-electron chi connectivity index (χ4n) is 4.90. The van der Waals surface area contributed by atoms with Gasteiger partial charge in [0.1, 0.15) is 40.3 Å². The average molecular weight is 549 g/mol. The van der Waals surface area contributed by atoms with E-state index in [0.717, 1.165) is 34.5 Å². The molecule has 5 rings (SSSR count). The number of carbonyl (C=O) groups excluding carboxylic acids is 1. The molecule has 12 heteroatoms. The molecule has 0 radical (unpaired) electrons. The van der Waals surface area contributed by atoms with Crippen LogP contribution in [-0.4, -0.2) is 58.7 Å². The summed E-state index contributed by atoms with van der Waals surface area (Å²) in [4.78, 5) is 15.2. The lowest BCUT2D eigenvalue weighted by Gasteiger charge is -2.33. The molecule has 4 aromatic rings. The topological polar surface area (TPSA) is 123 Å². The summed E-state index contributed by atoms with van der Waals surface area (Å²) in [5, 5.41) is 23.1. The molecule has 1 saturated heterocycles. The fourth-order valence-corrected chi connectivity index (χ4v) is 5.61. The molecule has 0 N–H and O–H groups in total. The monoisotopic (exact) mass is 548 g/mol. The summed E-state index contributed by atoms with van der Waals surface area (Å²) in [5.74, 6) is 0.543. The average Bonchev–Trinajstić information content (AvgIpc) is 3.61. The molecular weight excluding hydrogens is 516 g/mol. The number of hydrogen-bond donors (Lipinski definition) is 0. The highest BCUT2D eigenvalue weighted by Crippen LogP contribution is 2.35. The van der Waals surface area contributed by atoms with Gasteiger partial charge in [0.15, 0.2) is 0 Å². The summed E-state index contributed by atoms with van der Waals surface area (Å²) in [7, 11) is 0. The standard InChI is InChI=1S/C27H32N8O3S/c1-16-13-30-39-25(16)18(3)37-22-11-19(15-34-24(22)20(12-28)14-29-34)23-17(2)35(32-31-23)21-7-9-33(10-8-21)26(36)38-27(4,5)6/h11,13-15,18,21H,7-10H2,1-6H3. The third-order valence-electron chi connectivity index (χ3n) is 6.82. The number of ether oxygens (including phenoxy) is 2. The van der Waals surface area contributed by atoms with Gasteiger partial charge >= 0.3 is 6.09 Å². The minimum absolute atomic E-state index is 0.119. The van der Waals surface area contributed by atoms with Gasteiger partial charge in [-0.05, 0) is 77.5 Å². The summed E-state index contributed by atoms with van der Waals surface area (Å²) >= 11 is 1.40. The van der Waals surface area contributed by atoms with Crippen LogP contribution in [-0.2, 0) is 4.74 Å². The Morgan fingerprint density at radius 1 is 1.23 bits per heavy atom. The first-order valence-electron chi connectivity index (χ1n) is 12.9. The Kier molecular flexibility index (Phi) is 7.03. The maximum atomic E-state index is 12.5. The van der Waals surface area contributed by atoms with E-state index in [9.17, 15) is 10.1 Å². The number of hydrogen-bond acceptors (Lipinski definition) is 9. The van der Waals surface area contributed by atoms with Crippen LogP contribution in [0.2, 0.25) is 0 Å². The van der Waals surface area contributed by atoms with Crippen molar-refractivity contribution in [1.82, 2.24) is 33.9 Å². The lowest BCUT2D eigenvalue weighted by atomic mass is 10.0. The van der Waals surface area contributed by atoms with E-state index in [0.29, 0.717) is 35.6 Å². The van der Waals surface area contributed by atoms with Gasteiger partial charge in [-0.3, -0.25) is 0 Å². The Morgan fingerprint density at radius 2 is 1.97 bits per heavy atom.